The number of methoxy groups -OCH3 is 1. The molecule has 2 atom stereocenters. The summed E-state index contributed by atoms with van der Waals surface area (Å²) in [5.74, 6) is 0.781. The Morgan fingerprint density at radius 1 is 1.32 bits per heavy atom. The smallest absolute Gasteiger partial charge is 0.408 e. The molecule has 2 aromatic rings. The van der Waals surface area contributed by atoms with Crippen molar-refractivity contribution in [1.29, 1.82) is 0 Å². The van der Waals surface area contributed by atoms with Gasteiger partial charge < -0.3 is 25.2 Å². The minimum absolute atomic E-state index is 0.291. The van der Waals surface area contributed by atoms with Crippen LogP contribution in [0.25, 0.3) is 0 Å². The Balaban J connectivity index is 1.93. The van der Waals surface area contributed by atoms with Crippen LogP contribution in [-0.4, -0.2) is 52.4 Å². The lowest BCUT2D eigenvalue weighted by molar-refractivity contribution is 0.0403. The monoisotopic (exact) mass is 390 g/mol. The number of aliphatic hydroxyl groups excluding tert-OH is 1. The molecule has 0 bridgehead atoms. The van der Waals surface area contributed by atoms with Crippen molar-refractivity contribution in [3.05, 3.63) is 48.3 Å². The highest BCUT2D eigenvalue weighted by Crippen LogP contribution is 2.12. The number of benzene rings is 1. The third kappa shape index (κ3) is 7.58. The molecule has 1 aromatic heterocycles. The van der Waals surface area contributed by atoms with Crippen LogP contribution in [0.15, 0.2) is 42.7 Å². The van der Waals surface area contributed by atoms with Crippen LogP contribution in [-0.2, 0) is 17.8 Å². The van der Waals surface area contributed by atoms with Gasteiger partial charge in [0.25, 0.3) is 0 Å². The number of rotatable bonds is 9. The SMILES string of the molecule is COc1cccc(CNC[C@@H](O)[C@H](Cn2cccn2)NC(=O)OC(C)(C)C)c1. The van der Waals surface area contributed by atoms with Gasteiger partial charge in [-0.2, -0.15) is 5.10 Å². The second kappa shape index (κ2) is 10.1. The standard InChI is InChI=1S/C20H30N4O4/c1-20(2,3)28-19(26)23-17(14-24-10-6-9-22-24)18(25)13-21-12-15-7-5-8-16(11-15)27-4/h5-11,17-18,21,25H,12-14H2,1-4H3,(H,23,26)/t17-,18+/m0/s1. The lowest BCUT2D eigenvalue weighted by Crippen LogP contribution is -2.50. The fraction of sp³-hybridized carbons (Fsp3) is 0.500. The maximum atomic E-state index is 12.2. The third-order valence-electron chi connectivity index (χ3n) is 3.93. The van der Waals surface area contributed by atoms with Gasteiger partial charge in [0.2, 0.25) is 0 Å². The van der Waals surface area contributed by atoms with Crippen LogP contribution in [0.3, 0.4) is 0 Å². The lowest BCUT2D eigenvalue weighted by Gasteiger charge is -2.27. The van der Waals surface area contributed by atoms with Gasteiger partial charge in [-0.1, -0.05) is 12.1 Å². The fourth-order valence-corrected chi connectivity index (χ4v) is 2.62. The maximum Gasteiger partial charge on any atom is 0.408 e. The molecule has 0 saturated heterocycles. The Morgan fingerprint density at radius 2 is 2.11 bits per heavy atom. The highest BCUT2D eigenvalue weighted by atomic mass is 16.6. The van der Waals surface area contributed by atoms with Gasteiger partial charge in [0.15, 0.2) is 0 Å². The molecule has 0 aliphatic carbocycles. The molecule has 1 amide bonds. The zero-order valence-electron chi connectivity index (χ0n) is 16.9. The van der Waals surface area contributed by atoms with Crippen molar-refractivity contribution >= 4 is 6.09 Å². The maximum absolute atomic E-state index is 12.2. The van der Waals surface area contributed by atoms with Crippen LogP contribution in [0.1, 0.15) is 26.3 Å². The average Bonchev–Trinajstić information content (AvgIpc) is 3.13. The van der Waals surface area contributed by atoms with Gasteiger partial charge >= 0.3 is 6.09 Å². The van der Waals surface area contributed by atoms with Gasteiger partial charge in [-0.25, -0.2) is 4.79 Å². The van der Waals surface area contributed by atoms with Gasteiger partial charge in [-0.15, -0.1) is 0 Å². The first-order valence-corrected chi connectivity index (χ1v) is 9.25. The van der Waals surface area contributed by atoms with E-state index in [9.17, 15) is 9.90 Å². The zero-order chi connectivity index (χ0) is 20.6. The average molecular weight is 390 g/mol. The normalized spacial score (nSPS) is 13.6. The molecular weight excluding hydrogens is 360 g/mol. The van der Waals surface area contributed by atoms with Crippen molar-refractivity contribution in [2.75, 3.05) is 13.7 Å². The van der Waals surface area contributed by atoms with Crippen molar-refractivity contribution in [3.8, 4) is 5.75 Å². The highest BCUT2D eigenvalue weighted by Gasteiger charge is 2.25. The molecule has 0 spiro atoms. The molecule has 0 radical (unpaired) electrons. The van der Waals surface area contributed by atoms with E-state index >= 15 is 0 Å². The van der Waals surface area contributed by atoms with E-state index in [4.69, 9.17) is 9.47 Å². The van der Waals surface area contributed by atoms with Gasteiger partial charge in [0, 0.05) is 25.5 Å². The number of alkyl carbamates (subject to hydrolysis) is 1. The summed E-state index contributed by atoms with van der Waals surface area (Å²) in [4.78, 5) is 12.2. The van der Waals surface area contributed by atoms with Gasteiger partial charge in [-0.3, -0.25) is 4.68 Å². The molecular formula is C20H30N4O4. The summed E-state index contributed by atoms with van der Waals surface area (Å²) in [5, 5.41) is 20.7. The molecule has 8 heteroatoms. The van der Waals surface area contributed by atoms with E-state index in [-0.39, 0.29) is 0 Å². The molecule has 0 fully saturated rings. The predicted octanol–water partition coefficient (Wildman–Crippen LogP) is 1.94. The van der Waals surface area contributed by atoms with Crippen molar-refractivity contribution in [2.24, 2.45) is 0 Å². The van der Waals surface area contributed by atoms with E-state index in [1.807, 2.05) is 24.3 Å². The number of amides is 1. The molecule has 28 heavy (non-hydrogen) atoms. The van der Waals surface area contributed by atoms with Crippen molar-refractivity contribution < 1.29 is 19.4 Å². The molecule has 0 aliphatic heterocycles. The number of aromatic nitrogens is 2. The number of carbonyl (C=O) groups is 1. The second-order valence-corrected chi connectivity index (χ2v) is 7.53. The van der Waals surface area contributed by atoms with Crippen molar-refractivity contribution in [3.63, 3.8) is 0 Å². The predicted molar refractivity (Wildman–Crippen MR) is 106 cm³/mol. The van der Waals surface area contributed by atoms with E-state index in [1.54, 1.807) is 51.0 Å². The van der Waals surface area contributed by atoms with Crippen LogP contribution in [0.4, 0.5) is 4.79 Å². The van der Waals surface area contributed by atoms with Crippen LogP contribution >= 0.6 is 0 Å². The van der Waals surface area contributed by atoms with Crippen molar-refractivity contribution in [2.45, 2.75) is 51.6 Å². The van der Waals surface area contributed by atoms with E-state index in [0.717, 1.165) is 11.3 Å². The van der Waals surface area contributed by atoms with Crippen LogP contribution < -0.4 is 15.4 Å². The summed E-state index contributed by atoms with van der Waals surface area (Å²) in [5.41, 5.74) is 0.422. The fourth-order valence-electron chi connectivity index (χ4n) is 2.62. The second-order valence-electron chi connectivity index (χ2n) is 7.53. The number of hydrogen-bond acceptors (Lipinski definition) is 6. The van der Waals surface area contributed by atoms with Crippen molar-refractivity contribution in [1.82, 2.24) is 20.4 Å². The van der Waals surface area contributed by atoms with Gasteiger partial charge in [-0.05, 0) is 44.5 Å². The number of carbonyl (C=O) groups excluding carboxylic acids is 1. The highest BCUT2D eigenvalue weighted by molar-refractivity contribution is 5.68. The number of ether oxygens (including phenoxy) is 2. The summed E-state index contributed by atoms with van der Waals surface area (Å²) in [7, 11) is 1.62. The van der Waals surface area contributed by atoms with E-state index < -0.39 is 23.8 Å². The van der Waals surface area contributed by atoms with E-state index in [2.05, 4.69) is 15.7 Å². The molecule has 0 unspecified atom stereocenters. The molecule has 0 saturated carbocycles. The van der Waals surface area contributed by atoms with Crippen LogP contribution in [0, 0.1) is 0 Å². The van der Waals surface area contributed by atoms with Gasteiger partial charge in [0.05, 0.1) is 25.8 Å². The Labute approximate surface area is 165 Å². The number of nitrogens with one attached hydrogen (secondary N) is 2. The Kier molecular flexibility index (Phi) is 7.83. The first-order valence-electron chi connectivity index (χ1n) is 9.25. The quantitative estimate of drug-likeness (QED) is 0.605. The minimum Gasteiger partial charge on any atom is -0.497 e. The molecule has 1 heterocycles. The molecule has 0 aliphatic rings. The largest absolute Gasteiger partial charge is 0.497 e. The molecule has 8 nitrogen and oxygen atoms in total. The van der Waals surface area contributed by atoms with Crippen LogP contribution in [0.2, 0.25) is 0 Å². The first kappa shape index (κ1) is 21.7. The number of hydrogen-bond donors (Lipinski definition) is 3. The lowest BCUT2D eigenvalue weighted by atomic mass is 10.1. The zero-order valence-corrected chi connectivity index (χ0v) is 16.9. The van der Waals surface area contributed by atoms with Gasteiger partial charge in [0.1, 0.15) is 11.4 Å². The minimum atomic E-state index is -0.831. The molecule has 2 rings (SSSR count). The molecule has 1 aromatic carbocycles. The summed E-state index contributed by atoms with van der Waals surface area (Å²) < 4.78 is 12.2. The summed E-state index contributed by atoms with van der Waals surface area (Å²) in [6.07, 6.45) is 2.02. The molecule has 3 N–H and O–H groups in total. The molecule has 154 valence electrons. The first-order chi connectivity index (χ1) is 13.3. The Hall–Kier alpha value is -2.58. The topological polar surface area (TPSA) is 97.6 Å². The number of aliphatic hydroxyl groups is 1. The summed E-state index contributed by atoms with van der Waals surface area (Å²) in [6, 6.07) is 8.92. The Morgan fingerprint density at radius 3 is 2.75 bits per heavy atom. The summed E-state index contributed by atoms with van der Waals surface area (Å²) >= 11 is 0. The third-order valence-corrected chi connectivity index (χ3v) is 3.93. The van der Waals surface area contributed by atoms with E-state index in [0.29, 0.717) is 19.6 Å². The number of nitrogens with zero attached hydrogens (tertiary/aromatic N) is 2. The van der Waals surface area contributed by atoms with Crippen LogP contribution in [0.5, 0.6) is 5.75 Å². The summed E-state index contributed by atoms with van der Waals surface area (Å²) in [6.45, 7) is 6.56. The van der Waals surface area contributed by atoms with E-state index in [1.165, 1.54) is 0 Å². The Bertz CT molecular complexity index is 728.